The molecule has 0 spiro atoms. The molecule has 0 aliphatic heterocycles. The molecular weight excluding hydrogens is 264 g/mol. The quantitative estimate of drug-likeness (QED) is 0.912. The number of imidazole rings is 1. The van der Waals surface area contributed by atoms with Crippen molar-refractivity contribution >= 4 is 17.5 Å². The Hall–Kier alpha value is -1.69. The van der Waals surface area contributed by atoms with E-state index in [2.05, 4.69) is 46.0 Å². The van der Waals surface area contributed by atoms with E-state index in [-0.39, 0.29) is 10.8 Å². The van der Waals surface area contributed by atoms with Crippen molar-refractivity contribution in [2.45, 2.75) is 39.2 Å². The van der Waals surface area contributed by atoms with Crippen LogP contribution in [0.25, 0.3) is 5.95 Å². The van der Waals surface area contributed by atoms with Crippen molar-refractivity contribution in [2.24, 2.45) is 0 Å². The van der Waals surface area contributed by atoms with E-state index in [0.717, 1.165) is 12.8 Å². The molecule has 0 radical (unpaired) electrons. The highest BCUT2D eigenvalue weighted by atomic mass is 35.5. The van der Waals surface area contributed by atoms with Gasteiger partial charge in [-0.05, 0) is 31.9 Å². The summed E-state index contributed by atoms with van der Waals surface area (Å²) in [6, 6.07) is 0. The largest absolute Gasteiger partial charge is 0.349 e. The summed E-state index contributed by atoms with van der Waals surface area (Å²) in [4.78, 5) is 16.5. The van der Waals surface area contributed by atoms with Crippen molar-refractivity contribution in [2.75, 3.05) is 5.32 Å². The van der Waals surface area contributed by atoms with Crippen LogP contribution in [0.3, 0.4) is 0 Å². The average Bonchev–Trinajstić information content (AvgIpc) is 2.80. The maximum atomic E-state index is 5.94. The summed E-state index contributed by atoms with van der Waals surface area (Å²) in [5.74, 6) is 0.925. The van der Waals surface area contributed by atoms with Crippen LogP contribution >= 0.6 is 11.6 Å². The van der Waals surface area contributed by atoms with Gasteiger partial charge in [0, 0.05) is 17.9 Å². The van der Waals surface area contributed by atoms with Crippen molar-refractivity contribution in [1.29, 1.82) is 0 Å². The minimum Gasteiger partial charge on any atom is -0.349 e. The van der Waals surface area contributed by atoms with Crippen LogP contribution in [0.5, 0.6) is 0 Å². The third-order valence-electron chi connectivity index (χ3n) is 2.66. The third-order valence-corrected chi connectivity index (χ3v) is 2.83. The summed E-state index contributed by atoms with van der Waals surface area (Å²) in [7, 11) is 0. The van der Waals surface area contributed by atoms with Crippen molar-refractivity contribution in [1.82, 2.24) is 24.5 Å². The molecule has 1 N–H and O–H groups in total. The highest BCUT2D eigenvalue weighted by Crippen LogP contribution is 2.18. The van der Waals surface area contributed by atoms with Gasteiger partial charge in [0.1, 0.15) is 6.33 Å². The van der Waals surface area contributed by atoms with Crippen molar-refractivity contribution < 1.29 is 0 Å². The zero-order chi connectivity index (χ0) is 13.9. The maximum absolute atomic E-state index is 5.94. The predicted molar refractivity (Wildman–Crippen MR) is 74.6 cm³/mol. The first-order valence-electron chi connectivity index (χ1n) is 6.18. The first-order valence-corrected chi connectivity index (χ1v) is 6.56. The van der Waals surface area contributed by atoms with Crippen LogP contribution in [0.15, 0.2) is 18.7 Å². The number of halogens is 1. The molecule has 19 heavy (non-hydrogen) atoms. The third kappa shape index (κ3) is 3.64. The number of rotatable bonds is 5. The lowest BCUT2D eigenvalue weighted by atomic mass is 9.99. The second kappa shape index (κ2) is 5.52. The van der Waals surface area contributed by atoms with Crippen LogP contribution < -0.4 is 5.32 Å². The van der Waals surface area contributed by atoms with Gasteiger partial charge in [0.25, 0.3) is 0 Å². The molecule has 0 atom stereocenters. The molecule has 0 saturated carbocycles. The molecule has 0 unspecified atom stereocenters. The molecule has 0 aliphatic rings. The van der Waals surface area contributed by atoms with Gasteiger partial charge in [-0.15, -0.1) is 0 Å². The Bertz CT molecular complexity index is 537. The normalized spacial score (nSPS) is 11.6. The van der Waals surface area contributed by atoms with Gasteiger partial charge in [-0.1, -0.05) is 13.3 Å². The van der Waals surface area contributed by atoms with Crippen LogP contribution in [0, 0.1) is 0 Å². The highest BCUT2D eigenvalue weighted by molar-refractivity contribution is 6.28. The fourth-order valence-corrected chi connectivity index (χ4v) is 2.03. The van der Waals surface area contributed by atoms with E-state index in [1.54, 1.807) is 23.3 Å². The Labute approximate surface area is 117 Å². The predicted octanol–water partition coefficient (Wildman–Crippen LogP) is 2.70. The summed E-state index contributed by atoms with van der Waals surface area (Å²) < 4.78 is 1.69. The van der Waals surface area contributed by atoms with Crippen LogP contribution in [-0.2, 0) is 0 Å². The number of nitrogens with one attached hydrogen (secondary N) is 1. The highest BCUT2D eigenvalue weighted by Gasteiger charge is 2.18. The first-order chi connectivity index (χ1) is 9.00. The summed E-state index contributed by atoms with van der Waals surface area (Å²) in [5.41, 5.74) is -0.0916. The van der Waals surface area contributed by atoms with E-state index in [9.17, 15) is 0 Å². The van der Waals surface area contributed by atoms with Crippen molar-refractivity contribution in [3.05, 3.63) is 24.0 Å². The summed E-state index contributed by atoms with van der Waals surface area (Å²) in [6.45, 7) is 6.34. The molecule has 2 heterocycles. The van der Waals surface area contributed by atoms with Crippen LogP contribution in [0.4, 0.5) is 5.95 Å². The minimum atomic E-state index is -0.0916. The second-order valence-corrected chi connectivity index (χ2v) is 5.29. The molecule has 2 rings (SSSR count). The van der Waals surface area contributed by atoms with Gasteiger partial charge < -0.3 is 5.32 Å². The Morgan fingerprint density at radius 2 is 2.11 bits per heavy atom. The van der Waals surface area contributed by atoms with E-state index in [4.69, 9.17) is 11.6 Å². The lowest BCUT2D eigenvalue weighted by Gasteiger charge is -2.25. The standard InChI is InChI=1S/C12H17ClN6/c1-4-5-12(2,3)18-10-15-9(13)16-11(17-10)19-7-6-14-8-19/h6-8H,4-5H2,1-3H3,(H,15,16,17,18). The Balaban J connectivity index is 2.27. The fraction of sp³-hybridized carbons (Fsp3) is 0.500. The lowest BCUT2D eigenvalue weighted by molar-refractivity contribution is 0.506. The molecule has 0 fully saturated rings. The number of hydrogen-bond donors (Lipinski definition) is 1. The Morgan fingerprint density at radius 1 is 1.32 bits per heavy atom. The zero-order valence-electron chi connectivity index (χ0n) is 11.3. The lowest BCUT2D eigenvalue weighted by Crippen LogP contribution is -2.31. The summed E-state index contributed by atoms with van der Waals surface area (Å²) >= 11 is 5.94. The zero-order valence-corrected chi connectivity index (χ0v) is 12.0. The number of hydrogen-bond acceptors (Lipinski definition) is 5. The minimum absolute atomic E-state index is 0.0916. The molecule has 0 aliphatic carbocycles. The number of nitrogens with zero attached hydrogens (tertiary/aromatic N) is 5. The number of aromatic nitrogens is 5. The molecule has 6 nitrogen and oxygen atoms in total. The van der Waals surface area contributed by atoms with E-state index in [1.807, 2.05) is 0 Å². The van der Waals surface area contributed by atoms with Crippen LogP contribution in [0.2, 0.25) is 5.28 Å². The van der Waals surface area contributed by atoms with E-state index < -0.39 is 0 Å². The van der Waals surface area contributed by atoms with Gasteiger partial charge in [-0.3, -0.25) is 4.57 Å². The molecule has 102 valence electrons. The summed E-state index contributed by atoms with van der Waals surface area (Å²) in [6.07, 6.45) is 7.12. The first kappa shape index (κ1) is 13.7. The molecule has 0 bridgehead atoms. The molecule has 7 heteroatoms. The monoisotopic (exact) mass is 280 g/mol. The van der Waals surface area contributed by atoms with Gasteiger partial charge in [0.2, 0.25) is 17.2 Å². The maximum Gasteiger partial charge on any atom is 0.241 e. The van der Waals surface area contributed by atoms with E-state index in [0.29, 0.717) is 11.9 Å². The molecule has 0 aromatic carbocycles. The van der Waals surface area contributed by atoms with Gasteiger partial charge >= 0.3 is 0 Å². The molecule has 0 saturated heterocycles. The van der Waals surface area contributed by atoms with Crippen molar-refractivity contribution in [3.63, 3.8) is 0 Å². The molecule has 0 amide bonds. The Morgan fingerprint density at radius 3 is 2.74 bits per heavy atom. The van der Waals surface area contributed by atoms with Crippen LogP contribution in [0.1, 0.15) is 33.6 Å². The van der Waals surface area contributed by atoms with E-state index in [1.165, 1.54) is 0 Å². The van der Waals surface area contributed by atoms with Gasteiger partial charge in [-0.2, -0.15) is 15.0 Å². The van der Waals surface area contributed by atoms with Gasteiger partial charge in [0.15, 0.2) is 0 Å². The molecule has 2 aromatic rings. The molecule has 2 aromatic heterocycles. The molecular formula is C12H17ClN6. The van der Waals surface area contributed by atoms with Gasteiger partial charge in [0.05, 0.1) is 0 Å². The topological polar surface area (TPSA) is 68.5 Å². The Kier molecular flexibility index (Phi) is 3.99. The van der Waals surface area contributed by atoms with E-state index >= 15 is 0 Å². The fourth-order valence-electron chi connectivity index (χ4n) is 1.88. The number of anilines is 1. The average molecular weight is 281 g/mol. The summed E-state index contributed by atoms with van der Waals surface area (Å²) in [5, 5.41) is 3.44. The van der Waals surface area contributed by atoms with Crippen molar-refractivity contribution in [3.8, 4) is 5.95 Å². The second-order valence-electron chi connectivity index (χ2n) is 4.96. The van der Waals surface area contributed by atoms with Crippen LogP contribution in [-0.4, -0.2) is 30.0 Å². The SMILES string of the molecule is CCCC(C)(C)Nc1nc(Cl)nc(-n2ccnc2)n1. The smallest absolute Gasteiger partial charge is 0.241 e. The van der Waals surface area contributed by atoms with Gasteiger partial charge in [-0.25, -0.2) is 4.98 Å².